The number of ether oxygens (including phenoxy) is 1. The van der Waals surface area contributed by atoms with Gasteiger partial charge < -0.3 is 9.16 Å². The number of allylic oxidation sites excluding steroid dienone is 1. The molecule has 0 aromatic heterocycles. The monoisotopic (exact) mass is 518 g/mol. The number of esters is 1. The summed E-state index contributed by atoms with van der Waals surface area (Å²) in [5.41, 5.74) is 0.723. The maximum atomic E-state index is 13.3. The predicted octanol–water partition coefficient (Wildman–Crippen LogP) is 5.69. The molecule has 0 N–H and O–H groups in total. The minimum atomic E-state index is -2.57. The van der Waals surface area contributed by atoms with Crippen LogP contribution in [-0.4, -0.2) is 33.3 Å². The molecule has 1 heterocycles. The van der Waals surface area contributed by atoms with Crippen LogP contribution in [0.2, 0.25) is 5.04 Å². The maximum Gasteiger partial charge on any atom is 0.334 e. The summed E-state index contributed by atoms with van der Waals surface area (Å²) in [6.07, 6.45) is 5.11. The second kappa shape index (κ2) is 11.5. The van der Waals surface area contributed by atoms with E-state index in [9.17, 15) is 9.59 Å². The first-order valence-corrected chi connectivity index (χ1v) is 15.7. The number of rotatable bonds is 8. The Hall–Kier alpha value is -2.50. The highest BCUT2D eigenvalue weighted by Gasteiger charge is 2.50. The van der Waals surface area contributed by atoms with Crippen molar-refractivity contribution in [1.82, 2.24) is 0 Å². The molecular formula is C32H42O4Si. The lowest BCUT2D eigenvalue weighted by Gasteiger charge is -2.43. The number of carbonyl (C=O) groups excluding carboxylic acids is 2. The summed E-state index contributed by atoms with van der Waals surface area (Å²) >= 11 is 0. The number of ketones is 1. The van der Waals surface area contributed by atoms with Crippen molar-refractivity contribution in [3.8, 4) is 0 Å². The Morgan fingerprint density at radius 2 is 1.59 bits per heavy atom. The number of hydrogen-bond donors (Lipinski definition) is 0. The fraction of sp³-hybridized carbons (Fsp3) is 0.500. The van der Waals surface area contributed by atoms with Crippen molar-refractivity contribution < 1.29 is 18.8 Å². The molecule has 0 saturated carbocycles. The SMILES string of the molecule is C[C@H]1CC=C2C(=O)OC[C@@H]2[C@H]([C@H](C)CCCO[Si](c2ccccc2)(c2ccccc2)C(C)(C)C)C(=O)C1. The molecule has 37 heavy (non-hydrogen) atoms. The molecule has 0 spiro atoms. The van der Waals surface area contributed by atoms with E-state index in [1.807, 2.05) is 6.08 Å². The molecule has 1 aliphatic heterocycles. The summed E-state index contributed by atoms with van der Waals surface area (Å²) in [4.78, 5) is 25.7. The molecule has 4 rings (SSSR count). The van der Waals surface area contributed by atoms with Gasteiger partial charge in [0.2, 0.25) is 0 Å². The first-order chi connectivity index (χ1) is 17.6. The zero-order valence-corrected chi connectivity index (χ0v) is 24.0. The van der Waals surface area contributed by atoms with Crippen LogP contribution >= 0.6 is 0 Å². The van der Waals surface area contributed by atoms with Crippen molar-refractivity contribution in [3.05, 3.63) is 72.3 Å². The molecule has 0 bridgehead atoms. The lowest BCUT2D eigenvalue weighted by molar-refractivity contribution is -0.135. The van der Waals surface area contributed by atoms with Crippen LogP contribution in [0.1, 0.15) is 60.3 Å². The standard InChI is InChI=1S/C32H42O4Si/c1-23-18-19-27-28(22-35-31(27)34)30(29(33)21-23)24(2)13-12-20-36-37(32(3,4)5,25-14-8-6-9-15-25)26-16-10-7-11-17-26/h6-11,14-17,19,23-24,28,30H,12-13,18,20-22H2,1-5H3/t23-,24+,28-,30-/m0/s1. The van der Waals surface area contributed by atoms with Gasteiger partial charge in [-0.15, -0.1) is 0 Å². The number of Topliss-reactive ketones (excluding diaryl/α,β-unsaturated/α-hetero) is 1. The van der Waals surface area contributed by atoms with E-state index in [1.165, 1.54) is 10.4 Å². The Morgan fingerprint density at radius 3 is 2.16 bits per heavy atom. The molecule has 0 radical (unpaired) electrons. The first kappa shape index (κ1) is 27.5. The number of benzene rings is 2. The van der Waals surface area contributed by atoms with Crippen molar-refractivity contribution >= 4 is 30.4 Å². The zero-order valence-electron chi connectivity index (χ0n) is 23.0. The van der Waals surface area contributed by atoms with E-state index in [0.717, 1.165) is 24.8 Å². The van der Waals surface area contributed by atoms with Gasteiger partial charge in [-0.25, -0.2) is 4.79 Å². The molecule has 0 amide bonds. The molecule has 2 aromatic carbocycles. The van der Waals surface area contributed by atoms with Gasteiger partial charge >= 0.3 is 5.97 Å². The normalized spacial score (nSPS) is 23.5. The summed E-state index contributed by atoms with van der Waals surface area (Å²) in [5, 5.41) is 2.50. The number of fused-ring (bicyclic) bond motifs is 1. The number of hydrogen-bond acceptors (Lipinski definition) is 4. The molecule has 5 heteroatoms. The minimum absolute atomic E-state index is 0.0613. The van der Waals surface area contributed by atoms with Gasteiger partial charge in [-0.1, -0.05) is 101 Å². The van der Waals surface area contributed by atoms with Crippen LogP contribution in [0.25, 0.3) is 0 Å². The smallest absolute Gasteiger partial charge is 0.334 e. The maximum absolute atomic E-state index is 13.3. The molecule has 4 atom stereocenters. The van der Waals surface area contributed by atoms with Gasteiger partial charge in [0.1, 0.15) is 5.78 Å². The van der Waals surface area contributed by atoms with Crippen LogP contribution in [0.3, 0.4) is 0 Å². The molecule has 1 fully saturated rings. The van der Waals surface area contributed by atoms with Gasteiger partial charge in [0.25, 0.3) is 8.32 Å². The average Bonchev–Trinajstić information content (AvgIpc) is 3.21. The summed E-state index contributed by atoms with van der Waals surface area (Å²) < 4.78 is 12.5. The molecule has 1 aliphatic carbocycles. The van der Waals surface area contributed by atoms with E-state index < -0.39 is 8.32 Å². The summed E-state index contributed by atoms with van der Waals surface area (Å²) in [6.45, 7) is 12.1. The fourth-order valence-electron chi connectivity index (χ4n) is 6.42. The van der Waals surface area contributed by atoms with Gasteiger partial charge in [0.15, 0.2) is 0 Å². The second-order valence-electron chi connectivity index (χ2n) is 12.0. The van der Waals surface area contributed by atoms with E-state index in [1.54, 1.807) is 0 Å². The summed E-state index contributed by atoms with van der Waals surface area (Å²) in [5.74, 6) is 0.167. The second-order valence-corrected chi connectivity index (χ2v) is 16.3. The molecule has 198 valence electrons. The average molecular weight is 519 g/mol. The van der Waals surface area contributed by atoms with Crippen molar-refractivity contribution in [2.45, 2.75) is 65.3 Å². The van der Waals surface area contributed by atoms with Crippen molar-refractivity contribution in [2.75, 3.05) is 13.2 Å². The molecule has 0 unspecified atom stereocenters. The Morgan fingerprint density at radius 1 is 1.00 bits per heavy atom. The number of cyclic esters (lactones) is 1. The van der Waals surface area contributed by atoms with E-state index in [4.69, 9.17) is 9.16 Å². The Kier molecular flexibility index (Phi) is 8.55. The molecule has 2 aromatic rings. The minimum Gasteiger partial charge on any atom is -0.462 e. The molecule has 1 saturated heterocycles. The van der Waals surface area contributed by atoms with Gasteiger partial charge in [0, 0.05) is 30.4 Å². The van der Waals surface area contributed by atoms with Crippen LogP contribution in [0.4, 0.5) is 0 Å². The Labute approximate surface area is 223 Å². The van der Waals surface area contributed by atoms with Crippen LogP contribution < -0.4 is 10.4 Å². The van der Waals surface area contributed by atoms with Crippen LogP contribution in [0, 0.1) is 23.7 Å². The highest BCUT2D eigenvalue weighted by atomic mass is 28.4. The van der Waals surface area contributed by atoms with E-state index in [-0.39, 0.29) is 40.5 Å². The Bertz CT molecular complexity index is 1060. The van der Waals surface area contributed by atoms with E-state index >= 15 is 0 Å². The lowest BCUT2D eigenvalue weighted by Crippen LogP contribution is -2.66. The third-order valence-corrected chi connectivity index (χ3v) is 13.3. The van der Waals surface area contributed by atoms with Gasteiger partial charge in [-0.2, -0.15) is 0 Å². The van der Waals surface area contributed by atoms with Crippen molar-refractivity contribution in [3.63, 3.8) is 0 Å². The third kappa shape index (κ3) is 5.68. The molecule has 2 aliphatic rings. The zero-order chi connectivity index (χ0) is 26.6. The molecule has 4 nitrogen and oxygen atoms in total. The first-order valence-electron chi connectivity index (χ1n) is 13.8. The van der Waals surface area contributed by atoms with Gasteiger partial charge in [0.05, 0.1) is 6.61 Å². The molecular weight excluding hydrogens is 476 g/mol. The van der Waals surface area contributed by atoms with Crippen LogP contribution in [0.15, 0.2) is 72.3 Å². The number of carbonyl (C=O) groups is 2. The van der Waals surface area contributed by atoms with E-state index in [0.29, 0.717) is 19.6 Å². The quantitative estimate of drug-likeness (QED) is 0.256. The summed E-state index contributed by atoms with van der Waals surface area (Å²) in [6, 6.07) is 21.4. The largest absolute Gasteiger partial charge is 0.462 e. The highest BCUT2D eigenvalue weighted by Crippen LogP contribution is 2.40. The van der Waals surface area contributed by atoms with Crippen molar-refractivity contribution in [2.24, 2.45) is 23.7 Å². The van der Waals surface area contributed by atoms with E-state index in [2.05, 4.69) is 95.3 Å². The third-order valence-electron chi connectivity index (χ3n) is 8.28. The topological polar surface area (TPSA) is 52.6 Å². The lowest BCUT2D eigenvalue weighted by atomic mass is 9.72. The predicted molar refractivity (Wildman–Crippen MR) is 151 cm³/mol. The van der Waals surface area contributed by atoms with Crippen LogP contribution in [-0.2, 0) is 18.8 Å². The van der Waals surface area contributed by atoms with Gasteiger partial charge in [-0.3, -0.25) is 4.79 Å². The van der Waals surface area contributed by atoms with Crippen LogP contribution in [0.5, 0.6) is 0 Å². The summed E-state index contributed by atoms with van der Waals surface area (Å²) in [7, 11) is -2.57. The Balaban J connectivity index is 1.52. The van der Waals surface area contributed by atoms with Gasteiger partial charge in [-0.05, 0) is 46.5 Å². The highest BCUT2D eigenvalue weighted by molar-refractivity contribution is 6.99. The fourth-order valence-corrected chi connectivity index (χ4v) is 11.0. The van der Waals surface area contributed by atoms with Crippen molar-refractivity contribution in [1.29, 1.82) is 0 Å².